The van der Waals surface area contributed by atoms with Crippen LogP contribution in [0.1, 0.15) is 30.4 Å². The molecule has 0 spiro atoms. The number of benzene rings is 1. The van der Waals surface area contributed by atoms with Crippen LogP contribution in [0.4, 0.5) is 0 Å². The minimum Gasteiger partial charge on any atom is -0.483 e. The first-order valence-corrected chi connectivity index (χ1v) is 11.2. The van der Waals surface area contributed by atoms with Gasteiger partial charge < -0.3 is 19.9 Å². The molecule has 0 saturated heterocycles. The topological polar surface area (TPSA) is 67.8 Å². The highest BCUT2D eigenvalue weighted by atomic mass is 32.1. The average Bonchev–Trinajstić information content (AvgIpc) is 3.41. The number of thiophene rings is 2. The molecule has 0 bridgehead atoms. The van der Waals surface area contributed by atoms with E-state index in [1.54, 1.807) is 17.4 Å². The summed E-state index contributed by atoms with van der Waals surface area (Å²) in [5.74, 6) is 1.00. The van der Waals surface area contributed by atoms with Crippen molar-refractivity contribution in [2.24, 2.45) is 0 Å². The third kappa shape index (κ3) is 4.63. The molecule has 4 rings (SSSR count). The third-order valence-corrected chi connectivity index (χ3v) is 6.59. The maximum atomic E-state index is 12.2. The minimum atomic E-state index is -0.749. The van der Waals surface area contributed by atoms with Crippen LogP contribution in [-0.2, 0) is 11.2 Å². The van der Waals surface area contributed by atoms with E-state index in [-0.39, 0.29) is 24.7 Å². The van der Waals surface area contributed by atoms with Gasteiger partial charge in [0.15, 0.2) is 18.1 Å². The molecule has 0 fully saturated rings. The van der Waals surface area contributed by atoms with Crippen molar-refractivity contribution in [2.75, 3.05) is 13.2 Å². The fourth-order valence-electron chi connectivity index (χ4n) is 3.30. The van der Waals surface area contributed by atoms with Crippen LogP contribution >= 0.6 is 22.7 Å². The van der Waals surface area contributed by atoms with Gasteiger partial charge >= 0.3 is 0 Å². The fraction of sp³-hybridized carbons (Fsp3) is 0.318. The summed E-state index contributed by atoms with van der Waals surface area (Å²) in [5, 5.41) is 17.2. The average molecular weight is 430 g/mol. The maximum absolute atomic E-state index is 12.2. The molecule has 2 N–H and O–H groups in total. The monoisotopic (exact) mass is 429 g/mol. The van der Waals surface area contributed by atoms with Gasteiger partial charge in [-0.3, -0.25) is 4.79 Å². The normalized spacial score (nSPS) is 15.4. The van der Waals surface area contributed by atoms with Gasteiger partial charge in [-0.2, -0.15) is 11.3 Å². The van der Waals surface area contributed by atoms with Crippen molar-refractivity contribution in [1.82, 2.24) is 5.32 Å². The van der Waals surface area contributed by atoms with Gasteiger partial charge in [0.05, 0.1) is 0 Å². The van der Waals surface area contributed by atoms with Crippen molar-refractivity contribution in [3.8, 4) is 21.9 Å². The number of hydrogen-bond acceptors (Lipinski definition) is 6. The number of rotatable bonds is 7. The molecule has 5 nitrogen and oxygen atoms in total. The number of hydrogen-bond donors (Lipinski definition) is 2. The predicted molar refractivity (Wildman–Crippen MR) is 116 cm³/mol. The molecule has 1 aromatic carbocycles. The van der Waals surface area contributed by atoms with Gasteiger partial charge in [0, 0.05) is 33.8 Å². The van der Waals surface area contributed by atoms with Crippen molar-refractivity contribution in [2.45, 2.75) is 32.0 Å². The van der Waals surface area contributed by atoms with E-state index in [1.807, 2.05) is 43.5 Å². The lowest BCUT2D eigenvalue weighted by Crippen LogP contribution is -2.32. The molecule has 1 aliphatic rings. The van der Waals surface area contributed by atoms with Crippen LogP contribution in [0.5, 0.6) is 11.5 Å². The lowest BCUT2D eigenvalue weighted by atomic mass is 10.0. The molecule has 29 heavy (non-hydrogen) atoms. The summed E-state index contributed by atoms with van der Waals surface area (Å²) < 4.78 is 11.6. The van der Waals surface area contributed by atoms with Crippen LogP contribution < -0.4 is 14.8 Å². The Balaban J connectivity index is 1.29. The molecule has 1 atom stereocenters. The Morgan fingerprint density at radius 2 is 2.17 bits per heavy atom. The summed E-state index contributed by atoms with van der Waals surface area (Å²) in [5.41, 5.74) is 1.97. The number of aliphatic hydroxyl groups is 1. The van der Waals surface area contributed by atoms with Crippen molar-refractivity contribution < 1.29 is 19.4 Å². The van der Waals surface area contributed by atoms with Crippen LogP contribution in [0.25, 0.3) is 10.4 Å². The molecule has 1 aliphatic heterocycles. The number of ether oxygens (including phenoxy) is 2. The van der Waals surface area contributed by atoms with Crippen molar-refractivity contribution in [1.29, 1.82) is 0 Å². The minimum absolute atomic E-state index is 0.127. The van der Waals surface area contributed by atoms with E-state index in [1.165, 1.54) is 11.3 Å². The second-order valence-corrected chi connectivity index (χ2v) is 9.50. The van der Waals surface area contributed by atoms with Gasteiger partial charge in [-0.25, -0.2) is 0 Å². The van der Waals surface area contributed by atoms with Gasteiger partial charge in [0.25, 0.3) is 5.91 Å². The van der Waals surface area contributed by atoms with Crippen molar-refractivity contribution in [3.05, 3.63) is 57.6 Å². The first-order chi connectivity index (χ1) is 13.9. The van der Waals surface area contributed by atoms with E-state index in [9.17, 15) is 9.90 Å². The number of aliphatic hydroxyl groups excluding tert-OH is 1. The first-order valence-electron chi connectivity index (χ1n) is 9.42. The lowest BCUT2D eigenvalue weighted by molar-refractivity contribution is -0.123. The van der Waals surface area contributed by atoms with Crippen LogP contribution in [0, 0.1) is 0 Å². The number of nitrogens with one attached hydrogen (secondary N) is 1. The van der Waals surface area contributed by atoms with Gasteiger partial charge in [0.1, 0.15) is 11.7 Å². The number of carbonyl (C=O) groups excluding carboxylic acids is 1. The summed E-state index contributed by atoms with van der Waals surface area (Å²) >= 11 is 3.17. The summed E-state index contributed by atoms with van der Waals surface area (Å²) in [4.78, 5) is 14.1. The molecule has 3 heterocycles. The Hall–Kier alpha value is -2.35. The van der Waals surface area contributed by atoms with E-state index < -0.39 is 6.10 Å². The van der Waals surface area contributed by atoms with Gasteiger partial charge in [-0.15, -0.1) is 11.3 Å². The Labute approximate surface area is 177 Å². The molecule has 1 unspecified atom stereocenters. The van der Waals surface area contributed by atoms with E-state index in [4.69, 9.17) is 9.47 Å². The smallest absolute Gasteiger partial charge is 0.258 e. The summed E-state index contributed by atoms with van der Waals surface area (Å²) in [6.45, 7) is 4.07. The Morgan fingerprint density at radius 1 is 1.31 bits per heavy atom. The molecule has 3 aromatic rings. The van der Waals surface area contributed by atoms with Gasteiger partial charge in [-0.1, -0.05) is 12.1 Å². The standard InChI is InChI=1S/C22H23NO4S2/c1-22(2)10-14-4-3-5-17(21(14)27-22)26-12-20(25)23-11-16(24)19-7-6-18(29-19)15-8-9-28-13-15/h3-9,13,16,24H,10-12H2,1-2H3,(H,23,25). The van der Waals surface area contributed by atoms with Crippen molar-refractivity contribution >= 4 is 28.6 Å². The van der Waals surface area contributed by atoms with E-state index in [0.717, 1.165) is 27.3 Å². The zero-order chi connectivity index (χ0) is 20.4. The fourth-order valence-corrected chi connectivity index (χ4v) is 5.02. The first kappa shape index (κ1) is 19.9. The van der Waals surface area contributed by atoms with Crippen LogP contribution in [0.2, 0.25) is 0 Å². The Morgan fingerprint density at radius 3 is 2.97 bits per heavy atom. The lowest BCUT2D eigenvalue weighted by Gasteiger charge is -2.18. The number of amides is 1. The maximum Gasteiger partial charge on any atom is 0.258 e. The highest BCUT2D eigenvalue weighted by molar-refractivity contribution is 7.16. The van der Waals surface area contributed by atoms with Crippen LogP contribution in [-0.4, -0.2) is 29.8 Å². The van der Waals surface area contributed by atoms with E-state index >= 15 is 0 Å². The van der Waals surface area contributed by atoms with Crippen LogP contribution in [0.3, 0.4) is 0 Å². The number of carbonyl (C=O) groups is 1. The Bertz CT molecular complexity index is 994. The summed E-state index contributed by atoms with van der Waals surface area (Å²) in [7, 11) is 0. The van der Waals surface area contributed by atoms with Crippen LogP contribution in [0.15, 0.2) is 47.2 Å². The molecule has 0 saturated carbocycles. The van der Waals surface area contributed by atoms with E-state index in [0.29, 0.717) is 11.5 Å². The highest BCUT2D eigenvalue weighted by Gasteiger charge is 2.32. The summed E-state index contributed by atoms with van der Waals surface area (Å²) in [6.07, 6.45) is 0.0629. The highest BCUT2D eigenvalue weighted by Crippen LogP contribution is 2.41. The molecule has 1 amide bonds. The van der Waals surface area contributed by atoms with Gasteiger partial charge in [0.2, 0.25) is 0 Å². The van der Waals surface area contributed by atoms with E-state index in [2.05, 4.69) is 16.8 Å². The third-order valence-electron chi connectivity index (χ3n) is 4.67. The molecule has 2 aromatic heterocycles. The molecule has 152 valence electrons. The molecule has 7 heteroatoms. The molecular weight excluding hydrogens is 406 g/mol. The largest absolute Gasteiger partial charge is 0.483 e. The van der Waals surface area contributed by atoms with Gasteiger partial charge in [-0.05, 0) is 48.9 Å². The quantitative estimate of drug-likeness (QED) is 0.583. The number of para-hydroxylation sites is 1. The van der Waals surface area contributed by atoms with Crippen molar-refractivity contribution in [3.63, 3.8) is 0 Å². The second kappa shape index (κ2) is 8.18. The molecule has 0 aliphatic carbocycles. The summed E-state index contributed by atoms with van der Waals surface area (Å²) in [6, 6.07) is 11.7. The Kier molecular flexibility index (Phi) is 5.63. The molecule has 0 radical (unpaired) electrons. The zero-order valence-electron chi connectivity index (χ0n) is 16.3. The zero-order valence-corrected chi connectivity index (χ0v) is 17.9. The number of fused-ring (bicyclic) bond motifs is 1. The molecular formula is C22H23NO4S2. The predicted octanol–water partition coefficient (Wildman–Crippen LogP) is 4.42. The second-order valence-electron chi connectivity index (χ2n) is 7.61. The SMILES string of the molecule is CC1(C)Cc2cccc(OCC(=O)NCC(O)c3ccc(-c4ccsc4)s3)c2O1.